The standard InChI is InChI=1S/C14H17NO4/c1-3-19-13(17)10-15(14(18)11(2)16)9-12-7-5-4-6-8-12/h4-8H,3,9-10H2,1-2H3. The van der Waals surface area contributed by atoms with Crippen molar-refractivity contribution in [1.82, 2.24) is 4.90 Å². The largest absolute Gasteiger partial charge is 0.465 e. The van der Waals surface area contributed by atoms with E-state index >= 15 is 0 Å². The van der Waals surface area contributed by atoms with Crippen LogP contribution in [0.2, 0.25) is 0 Å². The van der Waals surface area contributed by atoms with Gasteiger partial charge in [-0.25, -0.2) is 0 Å². The molecule has 0 fully saturated rings. The van der Waals surface area contributed by atoms with Gasteiger partial charge in [0.1, 0.15) is 6.54 Å². The highest BCUT2D eigenvalue weighted by molar-refractivity contribution is 6.35. The molecule has 0 aliphatic heterocycles. The lowest BCUT2D eigenvalue weighted by molar-refractivity contribution is -0.151. The van der Waals surface area contributed by atoms with Crippen molar-refractivity contribution in [3.8, 4) is 0 Å². The van der Waals surface area contributed by atoms with Gasteiger partial charge in [0.15, 0.2) is 0 Å². The highest BCUT2D eigenvalue weighted by Crippen LogP contribution is 2.05. The zero-order valence-electron chi connectivity index (χ0n) is 11.1. The first kappa shape index (κ1) is 14.9. The molecule has 0 aliphatic carbocycles. The Bertz CT molecular complexity index is 456. The molecular weight excluding hydrogens is 246 g/mol. The summed E-state index contributed by atoms with van der Waals surface area (Å²) in [5, 5.41) is 0. The predicted octanol–water partition coefficient (Wildman–Crippen LogP) is 1.17. The van der Waals surface area contributed by atoms with Crippen molar-refractivity contribution >= 4 is 17.7 Å². The number of ether oxygens (including phenoxy) is 1. The molecule has 0 radical (unpaired) electrons. The van der Waals surface area contributed by atoms with Gasteiger partial charge in [-0.15, -0.1) is 0 Å². The van der Waals surface area contributed by atoms with Gasteiger partial charge in [0.05, 0.1) is 6.61 Å². The highest BCUT2D eigenvalue weighted by atomic mass is 16.5. The SMILES string of the molecule is CCOC(=O)CN(Cc1ccccc1)C(=O)C(C)=O. The Balaban J connectivity index is 2.78. The van der Waals surface area contributed by atoms with Crippen molar-refractivity contribution in [1.29, 1.82) is 0 Å². The summed E-state index contributed by atoms with van der Waals surface area (Å²) in [5.74, 6) is -1.80. The zero-order chi connectivity index (χ0) is 14.3. The van der Waals surface area contributed by atoms with E-state index in [-0.39, 0.29) is 19.7 Å². The Hall–Kier alpha value is -2.17. The van der Waals surface area contributed by atoms with Crippen LogP contribution in [0.15, 0.2) is 30.3 Å². The monoisotopic (exact) mass is 263 g/mol. The molecule has 1 aromatic carbocycles. The van der Waals surface area contributed by atoms with Gasteiger partial charge in [-0.05, 0) is 12.5 Å². The Morgan fingerprint density at radius 3 is 2.32 bits per heavy atom. The maximum absolute atomic E-state index is 11.8. The molecule has 0 bridgehead atoms. The molecule has 0 heterocycles. The lowest BCUT2D eigenvalue weighted by Crippen LogP contribution is -2.39. The number of ketones is 1. The molecule has 0 unspecified atom stereocenters. The number of carbonyl (C=O) groups excluding carboxylic acids is 3. The molecular formula is C14H17NO4. The summed E-state index contributed by atoms with van der Waals surface area (Å²) in [5.41, 5.74) is 0.849. The highest BCUT2D eigenvalue weighted by Gasteiger charge is 2.21. The minimum atomic E-state index is -0.683. The van der Waals surface area contributed by atoms with Gasteiger partial charge in [0, 0.05) is 13.5 Å². The molecule has 102 valence electrons. The van der Waals surface area contributed by atoms with Crippen LogP contribution in [0.4, 0.5) is 0 Å². The first-order valence-corrected chi connectivity index (χ1v) is 6.04. The average Bonchev–Trinajstić information content (AvgIpc) is 2.38. The Morgan fingerprint density at radius 1 is 1.16 bits per heavy atom. The topological polar surface area (TPSA) is 63.7 Å². The van der Waals surface area contributed by atoms with Crippen LogP contribution >= 0.6 is 0 Å². The Morgan fingerprint density at radius 2 is 1.79 bits per heavy atom. The number of Topliss-reactive ketones (excluding diaryl/α,β-unsaturated/α-hetero) is 1. The molecule has 1 amide bonds. The van der Waals surface area contributed by atoms with Gasteiger partial charge in [-0.2, -0.15) is 0 Å². The van der Waals surface area contributed by atoms with Gasteiger partial charge >= 0.3 is 5.97 Å². The fraction of sp³-hybridized carbons (Fsp3) is 0.357. The van der Waals surface area contributed by atoms with Crippen molar-refractivity contribution in [2.24, 2.45) is 0 Å². The van der Waals surface area contributed by atoms with Gasteiger partial charge in [0.25, 0.3) is 5.91 Å². The van der Waals surface area contributed by atoms with E-state index in [0.717, 1.165) is 5.56 Å². The third-order valence-corrected chi connectivity index (χ3v) is 2.43. The second-order valence-corrected chi connectivity index (χ2v) is 4.01. The maximum atomic E-state index is 11.8. The third-order valence-electron chi connectivity index (χ3n) is 2.43. The van der Waals surface area contributed by atoms with Crippen LogP contribution in [-0.4, -0.2) is 35.7 Å². The normalized spacial score (nSPS) is 9.79. The average molecular weight is 263 g/mol. The van der Waals surface area contributed by atoms with E-state index in [1.54, 1.807) is 6.92 Å². The smallest absolute Gasteiger partial charge is 0.325 e. The fourth-order valence-electron chi connectivity index (χ4n) is 1.59. The minimum Gasteiger partial charge on any atom is -0.465 e. The van der Waals surface area contributed by atoms with E-state index in [9.17, 15) is 14.4 Å². The summed E-state index contributed by atoms with van der Waals surface area (Å²) in [7, 11) is 0. The molecule has 0 saturated heterocycles. The molecule has 0 saturated carbocycles. The Kier molecular flexibility index (Phi) is 5.73. The van der Waals surface area contributed by atoms with E-state index in [2.05, 4.69) is 0 Å². The summed E-state index contributed by atoms with van der Waals surface area (Å²) >= 11 is 0. The van der Waals surface area contributed by atoms with Crippen LogP contribution in [0, 0.1) is 0 Å². The minimum absolute atomic E-state index is 0.206. The van der Waals surface area contributed by atoms with E-state index in [0.29, 0.717) is 0 Å². The van der Waals surface area contributed by atoms with Crippen molar-refractivity contribution in [3.05, 3.63) is 35.9 Å². The summed E-state index contributed by atoms with van der Waals surface area (Å²) in [6, 6.07) is 9.16. The van der Waals surface area contributed by atoms with Crippen LogP contribution in [-0.2, 0) is 25.7 Å². The molecule has 0 spiro atoms. The van der Waals surface area contributed by atoms with Gasteiger partial charge in [-0.1, -0.05) is 30.3 Å². The lowest BCUT2D eigenvalue weighted by atomic mass is 10.2. The first-order valence-electron chi connectivity index (χ1n) is 6.04. The molecule has 0 aromatic heterocycles. The van der Waals surface area contributed by atoms with Crippen LogP contribution in [0.3, 0.4) is 0 Å². The van der Waals surface area contributed by atoms with E-state index in [4.69, 9.17) is 4.74 Å². The molecule has 19 heavy (non-hydrogen) atoms. The predicted molar refractivity (Wildman–Crippen MR) is 69.2 cm³/mol. The number of carbonyl (C=O) groups is 3. The van der Waals surface area contributed by atoms with Crippen LogP contribution < -0.4 is 0 Å². The van der Waals surface area contributed by atoms with Gasteiger partial charge < -0.3 is 9.64 Å². The maximum Gasteiger partial charge on any atom is 0.325 e. The van der Waals surface area contributed by atoms with Crippen molar-refractivity contribution in [2.45, 2.75) is 20.4 Å². The molecule has 0 atom stereocenters. The number of benzene rings is 1. The van der Waals surface area contributed by atoms with E-state index in [1.165, 1.54) is 11.8 Å². The first-order chi connectivity index (χ1) is 9.04. The van der Waals surface area contributed by atoms with Crippen LogP contribution in [0.25, 0.3) is 0 Å². The summed E-state index contributed by atoms with van der Waals surface area (Å²) in [4.78, 5) is 35.6. The van der Waals surface area contributed by atoms with Crippen LogP contribution in [0.1, 0.15) is 19.4 Å². The lowest BCUT2D eigenvalue weighted by Gasteiger charge is -2.20. The summed E-state index contributed by atoms with van der Waals surface area (Å²) < 4.78 is 4.80. The second kappa shape index (κ2) is 7.31. The molecule has 5 nitrogen and oxygen atoms in total. The van der Waals surface area contributed by atoms with Crippen molar-refractivity contribution in [2.75, 3.05) is 13.2 Å². The summed E-state index contributed by atoms with van der Waals surface area (Å²) in [6.45, 7) is 3.10. The second-order valence-electron chi connectivity index (χ2n) is 4.01. The number of nitrogens with zero attached hydrogens (tertiary/aromatic N) is 1. The number of hydrogen-bond acceptors (Lipinski definition) is 4. The van der Waals surface area contributed by atoms with E-state index in [1.807, 2.05) is 30.3 Å². The zero-order valence-corrected chi connectivity index (χ0v) is 11.1. The molecule has 0 N–H and O–H groups in total. The van der Waals surface area contributed by atoms with Crippen molar-refractivity contribution in [3.63, 3.8) is 0 Å². The quantitative estimate of drug-likeness (QED) is 0.571. The fourth-order valence-corrected chi connectivity index (χ4v) is 1.59. The number of amides is 1. The number of esters is 1. The Labute approximate surface area is 112 Å². The van der Waals surface area contributed by atoms with Crippen LogP contribution in [0.5, 0.6) is 0 Å². The number of hydrogen-bond donors (Lipinski definition) is 0. The number of rotatable bonds is 6. The molecule has 0 aliphatic rings. The van der Waals surface area contributed by atoms with Crippen molar-refractivity contribution < 1.29 is 19.1 Å². The molecule has 5 heteroatoms. The van der Waals surface area contributed by atoms with E-state index < -0.39 is 17.7 Å². The molecule has 1 aromatic rings. The van der Waals surface area contributed by atoms with Gasteiger partial charge in [0.2, 0.25) is 5.78 Å². The summed E-state index contributed by atoms with van der Waals surface area (Å²) in [6.07, 6.45) is 0. The van der Waals surface area contributed by atoms with Gasteiger partial charge in [-0.3, -0.25) is 14.4 Å². The third kappa shape index (κ3) is 4.91. The molecule has 1 rings (SSSR count).